The van der Waals surface area contributed by atoms with Crippen LogP contribution in [0.3, 0.4) is 0 Å². The topological polar surface area (TPSA) is 49.0 Å². The Kier molecular flexibility index (Phi) is 3.32. The van der Waals surface area contributed by atoms with E-state index in [0.717, 1.165) is 31.5 Å². The maximum absolute atomic E-state index is 10.6. The predicted molar refractivity (Wildman–Crippen MR) is 46.9 cm³/mol. The summed E-state index contributed by atoms with van der Waals surface area (Å²) in [6.07, 6.45) is 6.29. The number of carbonyl (C=O) groups excluding carboxylic acids is 1. The molecule has 0 unspecified atom stereocenters. The molecule has 0 aliphatic rings. The monoisotopic (exact) mass is 167 g/mol. The van der Waals surface area contributed by atoms with Crippen molar-refractivity contribution in [2.75, 3.05) is 11.4 Å². The molecule has 0 fully saturated rings. The third-order valence-corrected chi connectivity index (χ3v) is 1.70. The summed E-state index contributed by atoms with van der Waals surface area (Å²) in [4.78, 5) is 12.2. The molecule has 1 N–H and O–H groups in total. The first-order valence-electron chi connectivity index (χ1n) is 4.09. The zero-order chi connectivity index (χ0) is 8.81. The highest BCUT2D eigenvalue weighted by Gasteiger charge is 2.03. The van der Waals surface area contributed by atoms with Crippen molar-refractivity contribution in [2.45, 2.75) is 19.8 Å². The molecule has 0 aliphatic heterocycles. The number of hydrogen-bond acceptors (Lipinski definition) is 2. The van der Waals surface area contributed by atoms with Gasteiger partial charge < -0.3 is 4.90 Å². The molecule has 0 saturated heterocycles. The van der Waals surface area contributed by atoms with Gasteiger partial charge in [-0.2, -0.15) is 5.10 Å². The lowest BCUT2D eigenvalue weighted by molar-refractivity contribution is -0.107. The van der Waals surface area contributed by atoms with Crippen molar-refractivity contribution in [1.82, 2.24) is 10.2 Å². The van der Waals surface area contributed by atoms with Gasteiger partial charge in [-0.3, -0.25) is 9.89 Å². The minimum Gasteiger partial charge on any atom is -0.312 e. The van der Waals surface area contributed by atoms with Gasteiger partial charge in [-0.15, -0.1) is 0 Å². The van der Waals surface area contributed by atoms with E-state index in [9.17, 15) is 4.79 Å². The highest BCUT2D eigenvalue weighted by molar-refractivity contribution is 5.73. The van der Waals surface area contributed by atoms with Gasteiger partial charge in [-0.05, 0) is 6.42 Å². The summed E-state index contributed by atoms with van der Waals surface area (Å²) < 4.78 is 0. The van der Waals surface area contributed by atoms with Crippen LogP contribution in [0, 0.1) is 0 Å². The summed E-state index contributed by atoms with van der Waals surface area (Å²) in [7, 11) is 0. The van der Waals surface area contributed by atoms with Gasteiger partial charge in [0.2, 0.25) is 6.41 Å². The van der Waals surface area contributed by atoms with Crippen molar-refractivity contribution < 1.29 is 4.79 Å². The van der Waals surface area contributed by atoms with Crippen molar-refractivity contribution in [2.24, 2.45) is 0 Å². The van der Waals surface area contributed by atoms with E-state index in [-0.39, 0.29) is 0 Å². The molecule has 1 aromatic rings. The van der Waals surface area contributed by atoms with E-state index in [0.29, 0.717) is 0 Å². The van der Waals surface area contributed by atoms with Crippen LogP contribution in [0.1, 0.15) is 19.8 Å². The number of carbonyl (C=O) groups is 1. The maximum atomic E-state index is 10.6. The summed E-state index contributed by atoms with van der Waals surface area (Å²) in [5, 5.41) is 6.44. The predicted octanol–water partition coefficient (Wildman–Crippen LogP) is 1.17. The Morgan fingerprint density at radius 2 is 2.58 bits per heavy atom. The van der Waals surface area contributed by atoms with Crippen LogP contribution in [-0.4, -0.2) is 23.2 Å². The van der Waals surface area contributed by atoms with Crippen molar-refractivity contribution in [3.63, 3.8) is 0 Å². The van der Waals surface area contributed by atoms with Crippen LogP contribution >= 0.6 is 0 Å². The molecular weight excluding hydrogens is 154 g/mol. The minimum atomic E-state index is 0.763. The van der Waals surface area contributed by atoms with Crippen LogP contribution in [0.4, 0.5) is 5.69 Å². The van der Waals surface area contributed by atoms with E-state index >= 15 is 0 Å². The number of aromatic nitrogens is 2. The lowest BCUT2D eigenvalue weighted by Gasteiger charge is -2.13. The van der Waals surface area contributed by atoms with Gasteiger partial charge in [-0.1, -0.05) is 13.3 Å². The number of anilines is 1. The Labute approximate surface area is 71.6 Å². The molecule has 0 spiro atoms. The molecule has 1 amide bonds. The Balaban J connectivity index is 2.51. The van der Waals surface area contributed by atoms with Gasteiger partial charge in [0.15, 0.2) is 0 Å². The van der Waals surface area contributed by atoms with Gasteiger partial charge in [0.05, 0.1) is 11.9 Å². The summed E-state index contributed by atoms with van der Waals surface area (Å²) >= 11 is 0. The number of amides is 1. The van der Waals surface area contributed by atoms with Crippen molar-refractivity contribution in [3.8, 4) is 0 Å². The van der Waals surface area contributed by atoms with Gasteiger partial charge in [-0.25, -0.2) is 0 Å². The van der Waals surface area contributed by atoms with E-state index in [4.69, 9.17) is 0 Å². The van der Waals surface area contributed by atoms with Crippen molar-refractivity contribution in [3.05, 3.63) is 12.4 Å². The maximum Gasteiger partial charge on any atom is 0.214 e. The van der Waals surface area contributed by atoms with E-state index < -0.39 is 0 Å². The van der Waals surface area contributed by atoms with E-state index in [1.54, 1.807) is 17.3 Å². The molecule has 66 valence electrons. The van der Waals surface area contributed by atoms with Crippen LogP contribution in [0.2, 0.25) is 0 Å². The number of unbranched alkanes of at least 4 members (excludes halogenated alkanes) is 1. The average molecular weight is 167 g/mol. The number of H-pyrrole nitrogens is 1. The molecule has 12 heavy (non-hydrogen) atoms. The molecule has 4 nitrogen and oxygen atoms in total. The Bertz CT molecular complexity index is 220. The quantitative estimate of drug-likeness (QED) is 0.669. The summed E-state index contributed by atoms with van der Waals surface area (Å²) in [5.41, 5.74) is 0.832. The minimum absolute atomic E-state index is 0.763. The summed E-state index contributed by atoms with van der Waals surface area (Å²) in [6.45, 7) is 2.86. The fourth-order valence-corrected chi connectivity index (χ4v) is 0.972. The highest BCUT2D eigenvalue weighted by atomic mass is 16.1. The third-order valence-electron chi connectivity index (χ3n) is 1.70. The second kappa shape index (κ2) is 4.54. The fraction of sp³-hybridized carbons (Fsp3) is 0.500. The molecule has 0 atom stereocenters. The second-order valence-electron chi connectivity index (χ2n) is 2.61. The number of nitrogens with zero attached hydrogens (tertiary/aromatic N) is 2. The van der Waals surface area contributed by atoms with Crippen LogP contribution < -0.4 is 4.90 Å². The van der Waals surface area contributed by atoms with Crippen LogP contribution in [0.25, 0.3) is 0 Å². The lowest BCUT2D eigenvalue weighted by Crippen LogP contribution is -2.21. The summed E-state index contributed by atoms with van der Waals surface area (Å²) in [5.74, 6) is 0. The molecular formula is C8H13N3O. The van der Waals surface area contributed by atoms with Gasteiger partial charge >= 0.3 is 0 Å². The number of rotatable bonds is 5. The normalized spacial score (nSPS) is 9.75. The second-order valence-corrected chi connectivity index (χ2v) is 2.61. The molecule has 1 aromatic heterocycles. The average Bonchev–Trinajstić information content (AvgIpc) is 2.59. The first-order valence-corrected chi connectivity index (χ1v) is 4.09. The molecule has 0 radical (unpaired) electrons. The largest absolute Gasteiger partial charge is 0.312 e. The standard InChI is InChI=1S/C8H13N3O/c1-2-3-4-11(7-12)8-5-9-10-6-8/h5-7H,2-4H2,1H3,(H,9,10). The third kappa shape index (κ3) is 2.08. The molecule has 0 saturated carbocycles. The number of nitrogens with one attached hydrogen (secondary N) is 1. The van der Waals surface area contributed by atoms with Crippen molar-refractivity contribution in [1.29, 1.82) is 0 Å². The molecule has 0 aromatic carbocycles. The molecule has 0 bridgehead atoms. The van der Waals surface area contributed by atoms with E-state index in [1.165, 1.54) is 0 Å². The smallest absolute Gasteiger partial charge is 0.214 e. The van der Waals surface area contributed by atoms with Crippen molar-refractivity contribution >= 4 is 12.1 Å². The Morgan fingerprint density at radius 3 is 3.08 bits per heavy atom. The number of hydrogen-bond donors (Lipinski definition) is 1. The van der Waals surface area contributed by atoms with E-state index in [2.05, 4.69) is 17.1 Å². The summed E-state index contributed by atoms with van der Waals surface area (Å²) in [6, 6.07) is 0. The molecule has 1 heterocycles. The Morgan fingerprint density at radius 1 is 1.75 bits per heavy atom. The Hall–Kier alpha value is -1.32. The van der Waals surface area contributed by atoms with Gasteiger partial charge in [0, 0.05) is 12.7 Å². The highest BCUT2D eigenvalue weighted by Crippen LogP contribution is 2.08. The number of aromatic amines is 1. The SMILES string of the molecule is CCCCN(C=O)c1cn[nH]c1. The molecule has 1 rings (SSSR count). The first-order chi connectivity index (χ1) is 5.88. The van der Waals surface area contributed by atoms with Crippen LogP contribution in [-0.2, 0) is 4.79 Å². The molecule has 0 aliphatic carbocycles. The van der Waals surface area contributed by atoms with Crippen LogP contribution in [0.15, 0.2) is 12.4 Å². The first kappa shape index (κ1) is 8.77. The zero-order valence-corrected chi connectivity index (χ0v) is 7.16. The lowest BCUT2D eigenvalue weighted by atomic mass is 10.3. The zero-order valence-electron chi connectivity index (χ0n) is 7.16. The van der Waals surface area contributed by atoms with E-state index in [1.807, 2.05) is 0 Å². The fourth-order valence-electron chi connectivity index (χ4n) is 0.972. The van der Waals surface area contributed by atoms with Crippen LogP contribution in [0.5, 0.6) is 0 Å². The van der Waals surface area contributed by atoms with Gasteiger partial charge in [0.1, 0.15) is 0 Å². The van der Waals surface area contributed by atoms with Gasteiger partial charge in [0.25, 0.3) is 0 Å². The molecule has 4 heteroatoms.